The summed E-state index contributed by atoms with van der Waals surface area (Å²) in [6, 6.07) is 0. The van der Waals surface area contributed by atoms with Gasteiger partial charge in [-0.3, -0.25) is 4.57 Å². The fourth-order valence-corrected chi connectivity index (χ4v) is 0.333. The molecule has 0 bridgehead atoms. The van der Waals surface area contributed by atoms with Crippen LogP contribution < -0.4 is 0 Å². The molecule has 3 heteroatoms. The van der Waals surface area contributed by atoms with Crippen LogP contribution in [0, 0.1) is 0 Å². The minimum absolute atomic E-state index is 0. The first kappa shape index (κ1) is 10.2. The van der Waals surface area contributed by atoms with E-state index in [9.17, 15) is 4.57 Å². The molecule has 0 aliphatic rings. The fourth-order valence-electron chi connectivity index (χ4n) is 0.111. The van der Waals surface area contributed by atoms with E-state index >= 15 is 0 Å². The van der Waals surface area contributed by atoms with Crippen molar-refractivity contribution in [2.45, 2.75) is 27.4 Å². The molecular formula is C4H13O2P. The predicted octanol–water partition coefficient (Wildman–Crippen LogP) is 1.72. The normalized spacial score (nSPS) is 10.1. The van der Waals surface area contributed by atoms with Crippen molar-refractivity contribution in [3.8, 4) is 0 Å². The zero-order valence-electron chi connectivity index (χ0n) is 3.97. The summed E-state index contributed by atoms with van der Waals surface area (Å²) in [5, 5.41) is 0. The summed E-state index contributed by atoms with van der Waals surface area (Å²) < 4.78 is 14.2. The van der Waals surface area contributed by atoms with E-state index in [1.807, 2.05) is 13.8 Å². The Morgan fingerprint density at radius 1 is 1.57 bits per heavy atom. The smallest absolute Gasteiger partial charge is 0.180 e. The Morgan fingerprint density at radius 2 is 2.00 bits per heavy atom. The minimum atomic E-state index is -0.998. The molecule has 46 valence electrons. The summed E-state index contributed by atoms with van der Waals surface area (Å²) >= 11 is 0. The molecule has 0 aromatic rings. The average Bonchev–Trinajstić information content (AvgIpc) is 1.35. The van der Waals surface area contributed by atoms with Crippen LogP contribution in [0.1, 0.15) is 21.3 Å². The van der Waals surface area contributed by atoms with Gasteiger partial charge in [0.1, 0.15) is 0 Å². The standard InChI is InChI=1S/C3H9O2P.CH4/c1-3(2)5-6-4;/h3H,6H2,1-2H3;1H4. The van der Waals surface area contributed by atoms with Gasteiger partial charge in [0.25, 0.3) is 0 Å². The van der Waals surface area contributed by atoms with Crippen molar-refractivity contribution in [3.05, 3.63) is 0 Å². The van der Waals surface area contributed by atoms with Gasteiger partial charge in [-0.15, -0.1) is 0 Å². The molecule has 0 radical (unpaired) electrons. The summed E-state index contributed by atoms with van der Waals surface area (Å²) in [4.78, 5) is 0. The molecule has 0 rings (SSSR count). The van der Waals surface area contributed by atoms with Gasteiger partial charge in [-0.2, -0.15) is 0 Å². The van der Waals surface area contributed by atoms with Crippen LogP contribution in [0.5, 0.6) is 0 Å². The second-order valence-electron chi connectivity index (χ2n) is 1.28. The molecule has 1 atom stereocenters. The molecular weight excluding hydrogens is 111 g/mol. The van der Waals surface area contributed by atoms with Gasteiger partial charge in [0, 0.05) is 0 Å². The summed E-state index contributed by atoms with van der Waals surface area (Å²) in [6.45, 7) is 3.70. The van der Waals surface area contributed by atoms with Crippen molar-refractivity contribution in [3.63, 3.8) is 0 Å². The van der Waals surface area contributed by atoms with Gasteiger partial charge < -0.3 is 4.52 Å². The SMILES string of the molecule is C.CC(C)O[PH2]=O. The quantitative estimate of drug-likeness (QED) is 0.524. The lowest BCUT2D eigenvalue weighted by molar-refractivity contribution is 0.267. The zero-order chi connectivity index (χ0) is 4.99. The Morgan fingerprint density at radius 3 is 2.00 bits per heavy atom. The van der Waals surface area contributed by atoms with Gasteiger partial charge >= 0.3 is 0 Å². The van der Waals surface area contributed by atoms with Gasteiger partial charge in [0.15, 0.2) is 8.69 Å². The van der Waals surface area contributed by atoms with Crippen LogP contribution in [0.15, 0.2) is 0 Å². The lowest BCUT2D eigenvalue weighted by Gasteiger charge is -1.94. The van der Waals surface area contributed by atoms with Crippen molar-refractivity contribution < 1.29 is 9.09 Å². The maximum atomic E-state index is 9.60. The second kappa shape index (κ2) is 6.19. The topological polar surface area (TPSA) is 26.3 Å². The van der Waals surface area contributed by atoms with E-state index in [4.69, 9.17) is 0 Å². The molecule has 0 fully saturated rings. The van der Waals surface area contributed by atoms with Gasteiger partial charge in [0.2, 0.25) is 0 Å². The Bertz CT molecular complexity index is 45.0. The molecule has 7 heavy (non-hydrogen) atoms. The van der Waals surface area contributed by atoms with E-state index in [1.54, 1.807) is 0 Å². The molecule has 1 unspecified atom stereocenters. The zero-order valence-corrected chi connectivity index (χ0v) is 5.13. The van der Waals surface area contributed by atoms with Gasteiger partial charge in [0.05, 0.1) is 6.10 Å². The van der Waals surface area contributed by atoms with Crippen molar-refractivity contribution in [1.29, 1.82) is 0 Å². The van der Waals surface area contributed by atoms with Crippen molar-refractivity contribution >= 4 is 8.69 Å². The number of hydrogen-bond donors (Lipinski definition) is 0. The maximum Gasteiger partial charge on any atom is 0.180 e. The van der Waals surface area contributed by atoms with E-state index in [0.717, 1.165) is 0 Å². The van der Waals surface area contributed by atoms with Crippen LogP contribution >= 0.6 is 8.69 Å². The molecule has 0 amide bonds. The van der Waals surface area contributed by atoms with Crippen LogP contribution in [0.25, 0.3) is 0 Å². The predicted molar refractivity (Wildman–Crippen MR) is 33.3 cm³/mol. The lowest BCUT2D eigenvalue weighted by atomic mass is 10.5. The van der Waals surface area contributed by atoms with E-state index in [-0.39, 0.29) is 13.5 Å². The first-order valence-electron chi connectivity index (χ1n) is 1.86. The molecule has 0 saturated carbocycles. The first-order valence-corrected chi connectivity index (χ1v) is 2.80. The number of hydrogen-bond acceptors (Lipinski definition) is 2. The third-order valence-corrected chi connectivity index (χ3v) is 0.983. The van der Waals surface area contributed by atoms with E-state index in [1.165, 1.54) is 0 Å². The summed E-state index contributed by atoms with van der Waals surface area (Å²) in [7, 11) is -0.998. The highest BCUT2D eigenvalue weighted by molar-refractivity contribution is 7.17. The Labute approximate surface area is 46.2 Å². The van der Waals surface area contributed by atoms with Crippen LogP contribution in [0.2, 0.25) is 0 Å². The number of rotatable bonds is 2. The Hall–Kier alpha value is 0.190. The van der Waals surface area contributed by atoms with E-state index < -0.39 is 8.69 Å². The van der Waals surface area contributed by atoms with Crippen molar-refractivity contribution in [2.24, 2.45) is 0 Å². The van der Waals surface area contributed by atoms with E-state index in [0.29, 0.717) is 0 Å². The highest BCUT2D eigenvalue weighted by atomic mass is 31.1. The first-order chi connectivity index (χ1) is 2.77. The highest BCUT2D eigenvalue weighted by Crippen LogP contribution is 1.98. The van der Waals surface area contributed by atoms with Gasteiger partial charge in [-0.05, 0) is 13.8 Å². The van der Waals surface area contributed by atoms with Crippen LogP contribution in [0.3, 0.4) is 0 Å². The molecule has 0 saturated heterocycles. The fraction of sp³-hybridized carbons (Fsp3) is 1.00. The summed E-state index contributed by atoms with van der Waals surface area (Å²) in [5.41, 5.74) is 0. The molecule has 0 aromatic heterocycles. The lowest BCUT2D eigenvalue weighted by Crippen LogP contribution is -1.89. The molecule has 2 nitrogen and oxygen atoms in total. The van der Waals surface area contributed by atoms with Crippen molar-refractivity contribution in [1.82, 2.24) is 0 Å². The third-order valence-electron chi connectivity index (χ3n) is 0.328. The largest absolute Gasteiger partial charge is 0.330 e. The van der Waals surface area contributed by atoms with Crippen LogP contribution in [0.4, 0.5) is 0 Å². The molecule has 0 heterocycles. The molecule has 0 aliphatic carbocycles. The van der Waals surface area contributed by atoms with Crippen molar-refractivity contribution in [2.75, 3.05) is 0 Å². The summed E-state index contributed by atoms with van der Waals surface area (Å²) in [6.07, 6.45) is 0.123. The second-order valence-corrected chi connectivity index (χ2v) is 1.75. The minimum Gasteiger partial charge on any atom is -0.330 e. The maximum absolute atomic E-state index is 9.60. The van der Waals surface area contributed by atoms with Crippen LogP contribution in [-0.4, -0.2) is 6.10 Å². The van der Waals surface area contributed by atoms with Gasteiger partial charge in [-0.25, -0.2) is 0 Å². The van der Waals surface area contributed by atoms with Crippen LogP contribution in [-0.2, 0) is 9.09 Å². The van der Waals surface area contributed by atoms with E-state index in [2.05, 4.69) is 4.52 Å². The molecule has 0 N–H and O–H groups in total. The average molecular weight is 124 g/mol. The Kier molecular flexibility index (Phi) is 9.04. The molecule has 0 spiro atoms. The Balaban J connectivity index is 0. The third kappa shape index (κ3) is 10.7. The highest BCUT2D eigenvalue weighted by Gasteiger charge is 1.83. The molecule has 0 aliphatic heterocycles. The van der Waals surface area contributed by atoms with Gasteiger partial charge in [-0.1, -0.05) is 7.43 Å². The monoisotopic (exact) mass is 124 g/mol. The summed E-state index contributed by atoms with van der Waals surface area (Å²) in [5.74, 6) is 0. The molecule has 0 aromatic carbocycles.